The lowest BCUT2D eigenvalue weighted by Crippen LogP contribution is -2.37. The van der Waals surface area contributed by atoms with E-state index in [9.17, 15) is 0 Å². The monoisotopic (exact) mass is 423 g/mol. The molecule has 0 spiro atoms. The number of aromatic nitrogens is 1. The molecule has 0 amide bonds. The summed E-state index contributed by atoms with van der Waals surface area (Å²) in [7, 11) is -1.40. The van der Waals surface area contributed by atoms with Crippen LogP contribution in [0.25, 0.3) is 44.0 Å². The van der Waals surface area contributed by atoms with Gasteiger partial charge in [0.15, 0.2) is 5.58 Å². The number of furan rings is 1. The standard InChI is InChI=1S/C28H29NOSi/c1-18(2)14-20-16-21(15-19-8-6-7-9-23(19)20)27-28-24(12-13-29-27)25-17-22(31(3,4)5)10-11-26(25)30-28/h6-13,15-18H,14H2,1-5H3. The van der Waals surface area contributed by atoms with Crippen LogP contribution < -0.4 is 5.19 Å². The normalized spacial score (nSPS) is 12.5. The van der Waals surface area contributed by atoms with E-state index in [-0.39, 0.29) is 0 Å². The van der Waals surface area contributed by atoms with Crippen LogP contribution in [0.5, 0.6) is 0 Å². The van der Waals surface area contributed by atoms with Crippen LogP contribution in [0.3, 0.4) is 0 Å². The van der Waals surface area contributed by atoms with Gasteiger partial charge < -0.3 is 4.42 Å². The first kappa shape index (κ1) is 20.0. The van der Waals surface area contributed by atoms with Gasteiger partial charge in [0.1, 0.15) is 11.3 Å². The Hall–Kier alpha value is -2.91. The van der Waals surface area contributed by atoms with E-state index in [1.165, 1.54) is 26.9 Å². The zero-order chi connectivity index (χ0) is 21.8. The number of pyridine rings is 1. The average Bonchev–Trinajstić information content (AvgIpc) is 3.10. The van der Waals surface area contributed by atoms with E-state index in [1.807, 2.05) is 6.20 Å². The molecule has 2 aromatic heterocycles. The first-order chi connectivity index (χ1) is 14.8. The van der Waals surface area contributed by atoms with Gasteiger partial charge in [-0.3, -0.25) is 4.98 Å². The minimum absolute atomic E-state index is 0.591. The van der Waals surface area contributed by atoms with Crippen LogP contribution in [0, 0.1) is 5.92 Å². The summed E-state index contributed by atoms with van der Waals surface area (Å²) < 4.78 is 6.39. The molecule has 0 atom stereocenters. The van der Waals surface area contributed by atoms with Crippen LogP contribution in [0.4, 0.5) is 0 Å². The Labute approximate surface area is 184 Å². The minimum Gasteiger partial charge on any atom is -0.454 e. The van der Waals surface area contributed by atoms with E-state index < -0.39 is 8.07 Å². The molecule has 0 aliphatic rings. The molecule has 5 rings (SSSR count). The Morgan fingerprint density at radius 2 is 1.68 bits per heavy atom. The molecule has 0 aliphatic heterocycles. The van der Waals surface area contributed by atoms with Crippen molar-refractivity contribution < 1.29 is 4.42 Å². The number of rotatable bonds is 4. The summed E-state index contributed by atoms with van der Waals surface area (Å²) in [6.45, 7) is 11.7. The van der Waals surface area contributed by atoms with Crippen molar-refractivity contribution in [1.29, 1.82) is 0 Å². The molecule has 0 aliphatic carbocycles. The number of hydrogen-bond donors (Lipinski definition) is 0. The fourth-order valence-corrected chi connectivity index (χ4v) is 5.67. The summed E-state index contributed by atoms with van der Waals surface area (Å²) in [6, 6.07) is 22.0. The van der Waals surface area contributed by atoms with E-state index in [0.717, 1.165) is 34.2 Å². The molecular weight excluding hydrogens is 394 g/mol. The summed E-state index contributed by atoms with van der Waals surface area (Å²) in [6.07, 6.45) is 2.97. The molecule has 156 valence electrons. The highest BCUT2D eigenvalue weighted by atomic mass is 28.3. The smallest absolute Gasteiger partial charge is 0.161 e. The maximum absolute atomic E-state index is 6.39. The van der Waals surface area contributed by atoms with Gasteiger partial charge in [0.2, 0.25) is 0 Å². The van der Waals surface area contributed by atoms with Gasteiger partial charge in [0.05, 0.1) is 8.07 Å². The molecule has 0 unspecified atom stereocenters. The molecule has 5 aromatic rings. The Kier molecular flexibility index (Phi) is 4.74. The lowest BCUT2D eigenvalue weighted by Gasteiger charge is -2.16. The highest BCUT2D eigenvalue weighted by Crippen LogP contribution is 2.36. The number of nitrogens with zero attached hydrogens (tertiary/aromatic N) is 1. The van der Waals surface area contributed by atoms with Crippen molar-refractivity contribution >= 4 is 46.0 Å². The second kappa shape index (κ2) is 7.35. The lowest BCUT2D eigenvalue weighted by atomic mass is 9.93. The molecule has 3 heteroatoms. The highest BCUT2D eigenvalue weighted by molar-refractivity contribution is 6.88. The SMILES string of the molecule is CC(C)Cc1cc(-c2nccc3c2oc2ccc([Si](C)(C)C)cc23)cc2ccccc12. The van der Waals surface area contributed by atoms with Gasteiger partial charge in [-0.2, -0.15) is 0 Å². The maximum Gasteiger partial charge on any atom is 0.161 e. The van der Waals surface area contributed by atoms with E-state index >= 15 is 0 Å². The first-order valence-corrected chi connectivity index (χ1v) is 14.6. The Morgan fingerprint density at radius 3 is 2.45 bits per heavy atom. The van der Waals surface area contributed by atoms with Crippen molar-refractivity contribution in [1.82, 2.24) is 4.98 Å². The number of fused-ring (bicyclic) bond motifs is 4. The third kappa shape index (κ3) is 3.57. The largest absolute Gasteiger partial charge is 0.454 e. The zero-order valence-electron chi connectivity index (χ0n) is 19.0. The van der Waals surface area contributed by atoms with Crippen LogP contribution in [0.15, 0.2) is 71.3 Å². The molecule has 0 saturated carbocycles. The molecule has 31 heavy (non-hydrogen) atoms. The molecule has 0 fully saturated rings. The maximum atomic E-state index is 6.39. The van der Waals surface area contributed by atoms with Crippen LogP contribution in [-0.4, -0.2) is 13.1 Å². The van der Waals surface area contributed by atoms with Crippen LogP contribution in [-0.2, 0) is 6.42 Å². The Morgan fingerprint density at radius 1 is 0.871 bits per heavy atom. The van der Waals surface area contributed by atoms with Crippen molar-refractivity contribution in [2.75, 3.05) is 0 Å². The molecule has 3 aromatic carbocycles. The molecule has 2 nitrogen and oxygen atoms in total. The third-order valence-corrected chi connectivity index (χ3v) is 8.14. The van der Waals surface area contributed by atoms with Crippen LogP contribution >= 0.6 is 0 Å². The summed E-state index contributed by atoms with van der Waals surface area (Å²) in [5, 5.41) is 6.38. The summed E-state index contributed by atoms with van der Waals surface area (Å²) in [5.74, 6) is 0.591. The van der Waals surface area contributed by atoms with Crippen LogP contribution in [0.1, 0.15) is 19.4 Å². The van der Waals surface area contributed by atoms with E-state index in [4.69, 9.17) is 9.40 Å². The first-order valence-electron chi connectivity index (χ1n) is 11.1. The van der Waals surface area contributed by atoms with Crippen molar-refractivity contribution in [3.8, 4) is 11.3 Å². The Balaban J connectivity index is 1.76. The van der Waals surface area contributed by atoms with Gasteiger partial charge in [0, 0.05) is 22.5 Å². The lowest BCUT2D eigenvalue weighted by molar-refractivity contribution is 0.650. The van der Waals surface area contributed by atoms with Gasteiger partial charge in [-0.15, -0.1) is 0 Å². The summed E-state index contributed by atoms with van der Waals surface area (Å²) >= 11 is 0. The second-order valence-electron chi connectivity index (χ2n) is 10.1. The summed E-state index contributed by atoms with van der Waals surface area (Å²) in [4.78, 5) is 4.79. The molecule has 0 saturated heterocycles. The van der Waals surface area contributed by atoms with Crippen LogP contribution in [0.2, 0.25) is 19.6 Å². The fourth-order valence-electron chi connectivity index (χ4n) is 4.51. The molecule has 2 heterocycles. The molecule has 0 radical (unpaired) electrons. The molecular formula is C28H29NOSi. The number of benzene rings is 3. The zero-order valence-corrected chi connectivity index (χ0v) is 20.0. The van der Waals surface area contributed by atoms with Gasteiger partial charge in [-0.1, -0.05) is 75.1 Å². The quantitative estimate of drug-likeness (QED) is 0.279. The van der Waals surface area contributed by atoms with Gasteiger partial charge in [0.25, 0.3) is 0 Å². The highest BCUT2D eigenvalue weighted by Gasteiger charge is 2.20. The van der Waals surface area contributed by atoms with Crippen molar-refractivity contribution in [2.24, 2.45) is 5.92 Å². The van der Waals surface area contributed by atoms with E-state index in [0.29, 0.717) is 5.92 Å². The average molecular weight is 424 g/mol. The second-order valence-corrected chi connectivity index (χ2v) is 15.1. The summed E-state index contributed by atoms with van der Waals surface area (Å²) in [5.41, 5.74) is 5.26. The minimum atomic E-state index is -1.40. The third-order valence-electron chi connectivity index (χ3n) is 6.10. The topological polar surface area (TPSA) is 26.0 Å². The Bertz CT molecular complexity index is 1420. The van der Waals surface area contributed by atoms with E-state index in [1.54, 1.807) is 0 Å². The van der Waals surface area contributed by atoms with Gasteiger partial charge in [-0.05, 0) is 52.9 Å². The van der Waals surface area contributed by atoms with E-state index in [2.05, 4.69) is 94.2 Å². The fraction of sp³-hybridized carbons (Fsp3) is 0.250. The van der Waals surface area contributed by atoms with Crippen molar-refractivity contribution in [3.63, 3.8) is 0 Å². The number of hydrogen-bond acceptors (Lipinski definition) is 2. The molecule has 0 bridgehead atoms. The predicted molar refractivity (Wildman–Crippen MR) is 136 cm³/mol. The van der Waals surface area contributed by atoms with Crippen molar-refractivity contribution in [2.45, 2.75) is 39.9 Å². The predicted octanol–water partition coefficient (Wildman–Crippen LogP) is 7.54. The molecule has 0 N–H and O–H groups in total. The van der Waals surface area contributed by atoms with Crippen molar-refractivity contribution in [3.05, 3.63) is 72.4 Å². The van der Waals surface area contributed by atoms with Gasteiger partial charge in [-0.25, -0.2) is 0 Å². The van der Waals surface area contributed by atoms with Gasteiger partial charge >= 0.3 is 0 Å².